The maximum absolute atomic E-state index is 12.9. The first-order chi connectivity index (χ1) is 17.1. The zero-order valence-corrected chi connectivity index (χ0v) is 20.8. The number of fused-ring (bicyclic) bond motifs is 1. The van der Waals surface area contributed by atoms with Gasteiger partial charge in [0, 0.05) is 56.6 Å². The van der Waals surface area contributed by atoms with Gasteiger partial charge in [0.2, 0.25) is 0 Å². The standard InChI is InChI=1S/C28H24ClN3O2S/c1-2-34-24-7-5-6-23(17-24)31-28(33)20(18-30)16-21-19-32(27-9-4-3-8-26(21)27)14-15-35-25-12-10-22(29)11-13-25/h3-13,16-17,19H,2,14-15H2,1H3,(H,31,33)/b20-16-. The zero-order valence-electron chi connectivity index (χ0n) is 19.2. The number of amides is 1. The Morgan fingerprint density at radius 1 is 1.14 bits per heavy atom. The molecule has 35 heavy (non-hydrogen) atoms. The predicted molar refractivity (Wildman–Crippen MR) is 144 cm³/mol. The van der Waals surface area contributed by atoms with Crippen molar-refractivity contribution < 1.29 is 9.53 Å². The molecular weight excluding hydrogens is 478 g/mol. The maximum atomic E-state index is 12.9. The highest BCUT2D eigenvalue weighted by molar-refractivity contribution is 7.99. The van der Waals surface area contributed by atoms with Gasteiger partial charge in [-0.3, -0.25) is 4.79 Å². The van der Waals surface area contributed by atoms with E-state index in [1.54, 1.807) is 36.0 Å². The number of aromatic nitrogens is 1. The summed E-state index contributed by atoms with van der Waals surface area (Å²) in [6.07, 6.45) is 3.64. The number of para-hydroxylation sites is 1. The second-order valence-corrected chi connectivity index (χ2v) is 9.29. The number of carbonyl (C=O) groups is 1. The van der Waals surface area contributed by atoms with Crippen LogP contribution in [0, 0.1) is 11.3 Å². The van der Waals surface area contributed by atoms with Gasteiger partial charge in [-0.1, -0.05) is 35.9 Å². The Balaban J connectivity index is 1.53. The molecule has 1 heterocycles. The number of hydrogen-bond donors (Lipinski definition) is 1. The number of ether oxygens (including phenoxy) is 1. The van der Waals surface area contributed by atoms with E-state index in [1.165, 1.54) is 0 Å². The molecule has 4 aromatic rings. The van der Waals surface area contributed by atoms with Crippen LogP contribution in [0.25, 0.3) is 17.0 Å². The number of benzene rings is 3. The van der Waals surface area contributed by atoms with Crippen LogP contribution in [0.1, 0.15) is 12.5 Å². The van der Waals surface area contributed by atoms with Gasteiger partial charge in [0.1, 0.15) is 17.4 Å². The molecule has 4 rings (SSSR count). The van der Waals surface area contributed by atoms with Crippen LogP contribution in [0.5, 0.6) is 5.75 Å². The first kappa shape index (κ1) is 24.5. The van der Waals surface area contributed by atoms with Crippen LogP contribution in [0.15, 0.2) is 89.5 Å². The van der Waals surface area contributed by atoms with E-state index in [0.29, 0.717) is 18.0 Å². The van der Waals surface area contributed by atoms with Crippen molar-refractivity contribution in [3.63, 3.8) is 0 Å². The number of halogens is 1. The van der Waals surface area contributed by atoms with Crippen molar-refractivity contribution in [1.82, 2.24) is 4.57 Å². The number of nitrogens with zero attached hydrogens (tertiary/aromatic N) is 2. The molecule has 1 aromatic heterocycles. The fraction of sp³-hybridized carbons (Fsp3) is 0.143. The number of nitrogens with one attached hydrogen (secondary N) is 1. The Labute approximate surface area is 214 Å². The van der Waals surface area contributed by atoms with Crippen molar-refractivity contribution in [3.05, 3.63) is 95.2 Å². The van der Waals surface area contributed by atoms with E-state index in [2.05, 4.69) is 9.88 Å². The van der Waals surface area contributed by atoms with Gasteiger partial charge < -0.3 is 14.6 Å². The molecule has 0 aliphatic carbocycles. The number of rotatable bonds is 9. The molecule has 0 saturated carbocycles. The van der Waals surface area contributed by atoms with E-state index in [9.17, 15) is 10.1 Å². The summed E-state index contributed by atoms with van der Waals surface area (Å²) in [4.78, 5) is 14.0. The van der Waals surface area contributed by atoms with Crippen LogP contribution in [0.3, 0.4) is 0 Å². The topological polar surface area (TPSA) is 67.0 Å². The number of thioether (sulfide) groups is 1. The van der Waals surface area contributed by atoms with Crippen LogP contribution in [-0.4, -0.2) is 22.8 Å². The SMILES string of the molecule is CCOc1cccc(NC(=O)/C(C#N)=C\c2cn(CCSc3ccc(Cl)cc3)c3ccccc23)c1. The highest BCUT2D eigenvalue weighted by atomic mass is 35.5. The third-order valence-corrected chi connectivity index (χ3v) is 6.55. The van der Waals surface area contributed by atoms with Crippen molar-refractivity contribution >= 4 is 51.9 Å². The molecular formula is C28H24ClN3O2S. The van der Waals surface area contributed by atoms with Gasteiger partial charge >= 0.3 is 0 Å². The summed E-state index contributed by atoms with van der Waals surface area (Å²) in [7, 11) is 0. The van der Waals surface area contributed by atoms with Gasteiger partial charge in [0.25, 0.3) is 5.91 Å². The van der Waals surface area contributed by atoms with Crippen LogP contribution >= 0.6 is 23.4 Å². The number of aryl methyl sites for hydroxylation is 1. The van der Waals surface area contributed by atoms with Crippen molar-refractivity contribution in [1.29, 1.82) is 5.26 Å². The average molecular weight is 502 g/mol. The summed E-state index contributed by atoms with van der Waals surface area (Å²) in [5, 5.41) is 14.2. The Hall–Kier alpha value is -3.66. The van der Waals surface area contributed by atoms with Crippen molar-refractivity contribution in [2.45, 2.75) is 18.4 Å². The lowest BCUT2D eigenvalue weighted by atomic mass is 10.1. The third-order valence-electron chi connectivity index (χ3n) is 5.30. The van der Waals surface area contributed by atoms with Gasteiger partial charge in [-0.2, -0.15) is 5.26 Å². The molecule has 0 radical (unpaired) electrons. The minimum Gasteiger partial charge on any atom is -0.494 e. The predicted octanol–water partition coefficient (Wildman–Crippen LogP) is 7.03. The van der Waals surface area contributed by atoms with Gasteiger partial charge in [-0.15, -0.1) is 11.8 Å². The summed E-state index contributed by atoms with van der Waals surface area (Å²) in [6, 6.07) is 25.0. The number of anilines is 1. The largest absolute Gasteiger partial charge is 0.494 e. The van der Waals surface area contributed by atoms with Crippen LogP contribution in [-0.2, 0) is 11.3 Å². The van der Waals surface area contributed by atoms with E-state index < -0.39 is 5.91 Å². The molecule has 1 amide bonds. The van der Waals surface area contributed by atoms with Crippen molar-refractivity contribution in [2.75, 3.05) is 17.7 Å². The van der Waals surface area contributed by atoms with Gasteiger partial charge in [0.05, 0.1) is 6.61 Å². The summed E-state index contributed by atoms with van der Waals surface area (Å²) in [5.74, 6) is 1.06. The van der Waals surface area contributed by atoms with Gasteiger partial charge in [0.15, 0.2) is 0 Å². The molecule has 0 aliphatic rings. The van der Waals surface area contributed by atoms with Crippen molar-refractivity contribution in [3.8, 4) is 11.8 Å². The van der Waals surface area contributed by atoms with Crippen molar-refractivity contribution in [2.24, 2.45) is 0 Å². The third kappa shape index (κ3) is 6.27. The van der Waals surface area contributed by atoms with E-state index in [4.69, 9.17) is 16.3 Å². The fourth-order valence-corrected chi connectivity index (χ4v) is 4.68. The molecule has 0 bridgehead atoms. The second kappa shape index (κ2) is 11.7. The Kier molecular flexibility index (Phi) is 8.15. The monoisotopic (exact) mass is 501 g/mol. The fourth-order valence-electron chi connectivity index (χ4n) is 3.70. The van der Waals surface area contributed by atoms with Crippen LogP contribution in [0.2, 0.25) is 5.02 Å². The summed E-state index contributed by atoms with van der Waals surface area (Å²) in [5.41, 5.74) is 2.48. The molecule has 0 fully saturated rings. The van der Waals surface area contributed by atoms with Gasteiger partial charge in [-0.05, 0) is 55.5 Å². The molecule has 0 atom stereocenters. The lowest BCUT2D eigenvalue weighted by molar-refractivity contribution is -0.112. The smallest absolute Gasteiger partial charge is 0.266 e. The lowest BCUT2D eigenvalue weighted by Crippen LogP contribution is -2.13. The number of nitriles is 1. The molecule has 176 valence electrons. The first-order valence-electron chi connectivity index (χ1n) is 11.2. The van der Waals surface area contributed by atoms with Crippen LogP contribution in [0.4, 0.5) is 5.69 Å². The van der Waals surface area contributed by atoms with E-state index in [0.717, 1.165) is 38.7 Å². The normalized spacial score (nSPS) is 11.3. The quantitative estimate of drug-likeness (QED) is 0.152. The van der Waals surface area contributed by atoms with Gasteiger partial charge in [-0.25, -0.2) is 0 Å². The minimum atomic E-state index is -0.462. The summed E-state index contributed by atoms with van der Waals surface area (Å²) < 4.78 is 7.64. The van der Waals surface area contributed by atoms with Crippen LogP contribution < -0.4 is 10.1 Å². The van der Waals surface area contributed by atoms with E-state index >= 15 is 0 Å². The summed E-state index contributed by atoms with van der Waals surface area (Å²) >= 11 is 7.72. The molecule has 0 saturated heterocycles. The lowest BCUT2D eigenvalue weighted by Gasteiger charge is -2.07. The number of hydrogen-bond acceptors (Lipinski definition) is 4. The molecule has 0 unspecified atom stereocenters. The highest BCUT2D eigenvalue weighted by Gasteiger charge is 2.13. The Morgan fingerprint density at radius 2 is 1.94 bits per heavy atom. The molecule has 0 aliphatic heterocycles. The number of carbonyl (C=O) groups excluding carboxylic acids is 1. The average Bonchev–Trinajstić information content (AvgIpc) is 3.21. The maximum Gasteiger partial charge on any atom is 0.266 e. The minimum absolute atomic E-state index is 0.0326. The van der Waals surface area contributed by atoms with E-state index in [-0.39, 0.29) is 5.57 Å². The zero-order chi connectivity index (χ0) is 24.6. The molecule has 3 aromatic carbocycles. The molecule has 7 heteroatoms. The molecule has 0 spiro atoms. The summed E-state index contributed by atoms with van der Waals surface area (Å²) in [6.45, 7) is 3.21. The molecule has 1 N–H and O–H groups in total. The second-order valence-electron chi connectivity index (χ2n) is 7.68. The Morgan fingerprint density at radius 3 is 2.71 bits per heavy atom. The molecule has 5 nitrogen and oxygen atoms in total. The van der Waals surface area contributed by atoms with E-state index in [1.807, 2.05) is 73.8 Å². The Bertz CT molecular complexity index is 1400. The first-order valence-corrected chi connectivity index (χ1v) is 12.6. The highest BCUT2D eigenvalue weighted by Crippen LogP contribution is 2.26.